The van der Waals surface area contributed by atoms with Gasteiger partial charge in [-0.15, -0.1) is 23.2 Å². The van der Waals surface area contributed by atoms with Crippen molar-refractivity contribution in [2.45, 2.75) is 10.3 Å². The average molecular weight is 537 g/mol. The van der Waals surface area contributed by atoms with E-state index in [1.54, 1.807) is 12.1 Å². The summed E-state index contributed by atoms with van der Waals surface area (Å²) in [7, 11) is 0. The van der Waals surface area contributed by atoms with E-state index in [0.29, 0.717) is 27.5 Å². The van der Waals surface area contributed by atoms with E-state index in [4.69, 9.17) is 46.4 Å². The molecular weight excluding hydrogens is 523 g/mol. The Labute approximate surface area is 214 Å². The number of hydrogen-bond donors (Lipinski definition) is 2. The minimum Gasteiger partial charge on any atom is -0.326 e. The van der Waals surface area contributed by atoms with Gasteiger partial charge >= 0.3 is 0 Å². The first-order chi connectivity index (χ1) is 16.1. The molecule has 0 radical (unpaired) electrons. The third-order valence-electron chi connectivity index (χ3n) is 5.32. The minimum atomic E-state index is -1.39. The Hall–Kier alpha value is -2.82. The number of alkyl halides is 2. The van der Waals surface area contributed by atoms with E-state index in [0.717, 1.165) is 0 Å². The number of rotatable bonds is 5. The first kappa shape index (κ1) is 24.3. The zero-order valence-corrected chi connectivity index (χ0v) is 20.1. The van der Waals surface area contributed by atoms with Crippen molar-refractivity contribution in [3.63, 3.8) is 0 Å². The van der Waals surface area contributed by atoms with Crippen LogP contribution in [-0.4, -0.2) is 16.1 Å². The number of benzene rings is 3. The molecule has 34 heavy (non-hydrogen) atoms. The smallest absolute Gasteiger partial charge is 0.257 e. The van der Waals surface area contributed by atoms with Crippen LogP contribution in [0.15, 0.2) is 60.7 Å². The molecule has 1 fully saturated rings. The molecule has 0 bridgehead atoms. The van der Waals surface area contributed by atoms with Gasteiger partial charge in [0.1, 0.15) is 10.2 Å². The second-order valence-electron chi connectivity index (χ2n) is 7.66. The van der Waals surface area contributed by atoms with Gasteiger partial charge in [0.05, 0.1) is 28.1 Å². The Bertz CT molecular complexity index is 1340. The highest BCUT2D eigenvalue weighted by molar-refractivity contribution is 6.53. The van der Waals surface area contributed by atoms with E-state index in [1.807, 2.05) is 6.07 Å². The standard InChI is InChI=1S/C24H14Cl4FN3O2/c25-14-8-12(11-30)7-13(9-14)20-21(24(20,27)28)23(34)32-17-5-6-19(26)18(10-17)22(33)31-16-3-1-15(29)2-4-16/h1-10,20-21H,(H,31,33)(H,32,34)/t20-,21+/m0/s1. The molecule has 0 unspecified atom stereocenters. The number of halogens is 5. The molecule has 3 aromatic rings. The third-order valence-corrected chi connectivity index (χ3v) is 6.81. The minimum absolute atomic E-state index is 0.104. The van der Waals surface area contributed by atoms with Crippen molar-refractivity contribution in [1.29, 1.82) is 5.26 Å². The van der Waals surface area contributed by atoms with E-state index in [9.17, 15) is 19.2 Å². The van der Waals surface area contributed by atoms with Gasteiger partial charge in [0.15, 0.2) is 0 Å². The van der Waals surface area contributed by atoms with Crippen LogP contribution in [0.2, 0.25) is 10.0 Å². The van der Waals surface area contributed by atoms with Gasteiger partial charge in [0.25, 0.3) is 5.91 Å². The molecule has 2 amide bonds. The second-order valence-corrected chi connectivity index (χ2v) is 9.95. The molecule has 1 aliphatic carbocycles. The molecule has 2 N–H and O–H groups in total. The molecule has 1 saturated carbocycles. The molecular formula is C24H14Cl4FN3O2. The van der Waals surface area contributed by atoms with E-state index in [2.05, 4.69) is 10.6 Å². The van der Waals surface area contributed by atoms with Crippen LogP contribution in [-0.2, 0) is 4.79 Å². The Kier molecular flexibility index (Phi) is 6.75. The largest absolute Gasteiger partial charge is 0.326 e. The molecule has 0 spiro atoms. The number of nitrogens with one attached hydrogen (secondary N) is 2. The van der Waals surface area contributed by atoms with Crippen LogP contribution >= 0.6 is 46.4 Å². The number of nitriles is 1. The van der Waals surface area contributed by atoms with Gasteiger partial charge in [0.2, 0.25) is 5.91 Å². The first-order valence-corrected chi connectivity index (χ1v) is 11.4. The molecule has 1 aliphatic rings. The molecule has 172 valence electrons. The number of nitrogens with zero attached hydrogens (tertiary/aromatic N) is 1. The lowest BCUT2D eigenvalue weighted by atomic mass is 10.1. The third kappa shape index (κ3) is 4.98. The lowest BCUT2D eigenvalue weighted by molar-refractivity contribution is -0.117. The Balaban J connectivity index is 1.51. The monoisotopic (exact) mass is 535 g/mol. The first-order valence-electron chi connectivity index (χ1n) is 9.86. The Morgan fingerprint density at radius 3 is 2.29 bits per heavy atom. The summed E-state index contributed by atoms with van der Waals surface area (Å²) in [5.41, 5.74) is 1.69. The zero-order valence-electron chi connectivity index (χ0n) is 17.1. The van der Waals surface area contributed by atoms with Crippen LogP contribution in [0.25, 0.3) is 0 Å². The molecule has 5 nitrogen and oxygen atoms in total. The molecule has 0 heterocycles. The van der Waals surface area contributed by atoms with Gasteiger partial charge < -0.3 is 10.6 Å². The number of carbonyl (C=O) groups excluding carboxylic acids is 2. The molecule has 0 aliphatic heterocycles. The predicted octanol–water partition coefficient (Wildman–Crippen LogP) is 6.78. The van der Waals surface area contributed by atoms with E-state index < -0.39 is 33.8 Å². The molecule has 4 rings (SSSR count). The van der Waals surface area contributed by atoms with Crippen LogP contribution < -0.4 is 10.6 Å². The summed E-state index contributed by atoms with van der Waals surface area (Å²) in [6, 6.07) is 16.4. The van der Waals surface area contributed by atoms with Crippen LogP contribution in [0, 0.1) is 23.1 Å². The highest BCUT2D eigenvalue weighted by Crippen LogP contribution is 2.65. The maximum Gasteiger partial charge on any atom is 0.257 e. The summed E-state index contributed by atoms with van der Waals surface area (Å²) in [6.45, 7) is 0. The molecule has 0 saturated heterocycles. The Morgan fingerprint density at radius 2 is 1.62 bits per heavy atom. The quantitative estimate of drug-likeness (QED) is 0.352. The lowest BCUT2D eigenvalue weighted by Crippen LogP contribution is -2.18. The molecule has 10 heteroatoms. The van der Waals surface area contributed by atoms with Crippen LogP contribution in [0.5, 0.6) is 0 Å². The van der Waals surface area contributed by atoms with Gasteiger partial charge in [-0.25, -0.2) is 4.39 Å². The highest BCUT2D eigenvalue weighted by atomic mass is 35.5. The number of amides is 2. The number of hydrogen-bond acceptors (Lipinski definition) is 3. The fourth-order valence-corrected chi connectivity index (χ4v) is 4.93. The van der Waals surface area contributed by atoms with E-state index >= 15 is 0 Å². The predicted molar refractivity (Wildman–Crippen MR) is 131 cm³/mol. The van der Waals surface area contributed by atoms with Crippen molar-refractivity contribution >= 4 is 69.6 Å². The van der Waals surface area contributed by atoms with Crippen molar-refractivity contribution in [2.75, 3.05) is 10.6 Å². The summed E-state index contributed by atoms with van der Waals surface area (Å²) >= 11 is 25.0. The number of carbonyl (C=O) groups is 2. The van der Waals surface area contributed by atoms with Gasteiger partial charge in [-0.05, 0) is 66.2 Å². The fourth-order valence-electron chi connectivity index (χ4n) is 3.65. The molecule has 2 atom stereocenters. The maximum atomic E-state index is 13.1. The summed E-state index contributed by atoms with van der Waals surface area (Å²) < 4.78 is 11.7. The van der Waals surface area contributed by atoms with E-state index in [1.165, 1.54) is 48.5 Å². The van der Waals surface area contributed by atoms with Crippen molar-refractivity contribution in [1.82, 2.24) is 0 Å². The lowest BCUT2D eigenvalue weighted by Gasteiger charge is -2.10. The van der Waals surface area contributed by atoms with Crippen molar-refractivity contribution in [2.24, 2.45) is 5.92 Å². The summed E-state index contributed by atoms with van der Waals surface area (Å²) in [5.74, 6) is -2.83. The van der Waals surface area contributed by atoms with Crippen molar-refractivity contribution in [3.8, 4) is 6.07 Å². The van der Waals surface area contributed by atoms with Crippen LogP contribution in [0.4, 0.5) is 15.8 Å². The average Bonchev–Trinajstić information content (AvgIpc) is 3.38. The SMILES string of the molecule is N#Cc1cc(Cl)cc([C@H]2[C@H](C(=O)Nc3ccc(Cl)c(C(=O)Nc4ccc(F)cc4)c3)C2(Cl)Cl)c1. The fraction of sp³-hybridized carbons (Fsp3) is 0.125. The van der Waals surface area contributed by atoms with Crippen LogP contribution in [0.3, 0.4) is 0 Å². The summed E-state index contributed by atoms with van der Waals surface area (Å²) in [4.78, 5) is 25.6. The number of anilines is 2. The zero-order chi connectivity index (χ0) is 24.6. The molecule has 3 aromatic carbocycles. The van der Waals surface area contributed by atoms with Crippen LogP contribution in [0.1, 0.15) is 27.4 Å². The Morgan fingerprint density at radius 1 is 0.941 bits per heavy atom. The summed E-state index contributed by atoms with van der Waals surface area (Å²) in [5, 5.41) is 15.0. The van der Waals surface area contributed by atoms with Gasteiger partial charge in [-0.2, -0.15) is 5.26 Å². The van der Waals surface area contributed by atoms with Gasteiger partial charge in [-0.3, -0.25) is 9.59 Å². The maximum absolute atomic E-state index is 13.1. The topological polar surface area (TPSA) is 82.0 Å². The van der Waals surface area contributed by atoms with Crippen molar-refractivity contribution in [3.05, 3.63) is 93.2 Å². The molecule has 0 aromatic heterocycles. The van der Waals surface area contributed by atoms with Crippen molar-refractivity contribution < 1.29 is 14.0 Å². The van der Waals surface area contributed by atoms with Gasteiger partial charge in [-0.1, -0.05) is 23.2 Å². The normalized spacial score (nSPS) is 18.0. The summed E-state index contributed by atoms with van der Waals surface area (Å²) in [6.07, 6.45) is 0. The van der Waals surface area contributed by atoms with Gasteiger partial charge in [0, 0.05) is 22.3 Å². The highest BCUT2D eigenvalue weighted by Gasteiger charge is 2.67. The second kappa shape index (κ2) is 9.44. The van der Waals surface area contributed by atoms with E-state index in [-0.39, 0.29) is 10.6 Å².